The zero-order valence-electron chi connectivity index (χ0n) is 14.3. The van der Waals surface area contributed by atoms with E-state index in [9.17, 15) is 13.2 Å². The van der Waals surface area contributed by atoms with Gasteiger partial charge in [-0.05, 0) is 36.8 Å². The third-order valence-corrected chi connectivity index (χ3v) is 5.37. The van der Waals surface area contributed by atoms with Crippen molar-refractivity contribution in [3.8, 4) is 5.75 Å². The van der Waals surface area contributed by atoms with Crippen LogP contribution in [0.15, 0.2) is 59.5 Å². The fraction of sp³-hybridized carbons (Fsp3) is 0.278. The summed E-state index contributed by atoms with van der Waals surface area (Å²) in [5, 5.41) is -0.326. The average molecular weight is 396 g/mol. The van der Waals surface area contributed by atoms with Crippen molar-refractivity contribution in [1.82, 2.24) is 4.72 Å². The molecule has 0 saturated carbocycles. The number of sulfonamides is 1. The minimum absolute atomic E-state index is 0.142. The molecule has 0 fully saturated rings. The molecule has 2 rings (SSSR count). The third-order valence-electron chi connectivity index (χ3n) is 3.45. The van der Waals surface area contributed by atoms with Crippen LogP contribution in [0.3, 0.4) is 0 Å². The topological polar surface area (TPSA) is 81.7 Å². The zero-order chi connectivity index (χ0) is 19.0. The Morgan fingerprint density at radius 2 is 1.77 bits per heavy atom. The summed E-state index contributed by atoms with van der Waals surface area (Å²) in [6.07, 6.45) is 0. The van der Waals surface area contributed by atoms with Crippen LogP contribution in [0.25, 0.3) is 0 Å². The Morgan fingerprint density at radius 1 is 1.12 bits per heavy atom. The first-order chi connectivity index (χ1) is 12.4. The highest BCUT2D eigenvalue weighted by Crippen LogP contribution is 2.22. The predicted molar refractivity (Wildman–Crippen MR) is 102 cm³/mol. The lowest BCUT2D eigenvalue weighted by Crippen LogP contribution is -2.27. The molecule has 0 aliphatic carbocycles. The number of thiol groups is 1. The minimum Gasteiger partial charge on any atom is -0.482 e. The van der Waals surface area contributed by atoms with Crippen molar-refractivity contribution in [2.75, 3.05) is 19.8 Å². The Bertz CT molecular complexity index is 807. The smallest absolute Gasteiger partial charge is 0.344 e. The lowest BCUT2D eigenvalue weighted by molar-refractivity contribution is -0.145. The number of benzene rings is 2. The van der Waals surface area contributed by atoms with Crippen molar-refractivity contribution in [2.24, 2.45) is 0 Å². The van der Waals surface area contributed by atoms with E-state index in [4.69, 9.17) is 9.47 Å². The fourth-order valence-corrected chi connectivity index (χ4v) is 3.58. The van der Waals surface area contributed by atoms with E-state index in [2.05, 4.69) is 17.4 Å². The highest BCUT2D eigenvalue weighted by molar-refractivity contribution is 7.89. The van der Waals surface area contributed by atoms with Crippen LogP contribution < -0.4 is 9.46 Å². The number of hydrogen-bond acceptors (Lipinski definition) is 6. The third kappa shape index (κ3) is 6.05. The van der Waals surface area contributed by atoms with Gasteiger partial charge in [-0.3, -0.25) is 0 Å². The van der Waals surface area contributed by atoms with Gasteiger partial charge in [0.15, 0.2) is 6.61 Å². The SMILES string of the molecule is CCOC(=O)COc1ccc(C(S)CNS(=O)(=O)c2ccccc2)cc1. The molecule has 26 heavy (non-hydrogen) atoms. The molecule has 0 radical (unpaired) electrons. The van der Waals surface area contributed by atoms with E-state index in [1.807, 2.05) is 0 Å². The highest BCUT2D eigenvalue weighted by Gasteiger charge is 2.16. The molecule has 0 saturated heterocycles. The summed E-state index contributed by atoms with van der Waals surface area (Å²) < 4.78 is 37.1. The molecule has 0 aliphatic rings. The molecule has 0 heterocycles. The lowest BCUT2D eigenvalue weighted by atomic mass is 10.1. The minimum atomic E-state index is -3.57. The molecule has 0 amide bonds. The van der Waals surface area contributed by atoms with Gasteiger partial charge in [-0.25, -0.2) is 17.9 Å². The zero-order valence-corrected chi connectivity index (χ0v) is 16.0. The Hall–Kier alpha value is -2.03. The molecular weight excluding hydrogens is 374 g/mol. The van der Waals surface area contributed by atoms with Crippen molar-refractivity contribution in [2.45, 2.75) is 17.1 Å². The first kappa shape index (κ1) is 20.3. The Kier molecular flexibility index (Phi) is 7.50. The molecule has 2 aromatic carbocycles. The normalized spacial score (nSPS) is 12.4. The molecule has 1 unspecified atom stereocenters. The Labute approximate surface area is 159 Å². The molecule has 0 bridgehead atoms. The molecular formula is C18H21NO5S2. The fourth-order valence-electron chi connectivity index (χ4n) is 2.12. The van der Waals surface area contributed by atoms with Crippen LogP contribution in [0.4, 0.5) is 0 Å². The van der Waals surface area contributed by atoms with Crippen molar-refractivity contribution >= 4 is 28.6 Å². The van der Waals surface area contributed by atoms with Crippen molar-refractivity contribution in [3.63, 3.8) is 0 Å². The van der Waals surface area contributed by atoms with E-state index < -0.39 is 16.0 Å². The summed E-state index contributed by atoms with van der Waals surface area (Å²) in [6, 6.07) is 15.1. The van der Waals surface area contributed by atoms with Gasteiger partial charge in [0.05, 0.1) is 11.5 Å². The molecule has 6 nitrogen and oxygen atoms in total. The maximum Gasteiger partial charge on any atom is 0.344 e. The number of hydrogen-bond donors (Lipinski definition) is 2. The Morgan fingerprint density at radius 3 is 2.38 bits per heavy atom. The molecule has 140 valence electrons. The van der Waals surface area contributed by atoms with Crippen LogP contribution >= 0.6 is 12.6 Å². The maximum atomic E-state index is 12.2. The van der Waals surface area contributed by atoms with E-state index in [0.717, 1.165) is 5.56 Å². The summed E-state index contributed by atoms with van der Waals surface area (Å²) in [5.41, 5.74) is 0.826. The van der Waals surface area contributed by atoms with Crippen molar-refractivity contribution in [3.05, 3.63) is 60.2 Å². The van der Waals surface area contributed by atoms with Gasteiger partial charge in [0, 0.05) is 11.8 Å². The number of nitrogens with one attached hydrogen (secondary N) is 1. The summed E-state index contributed by atoms with van der Waals surface area (Å²) >= 11 is 4.45. The molecule has 8 heteroatoms. The number of carbonyl (C=O) groups is 1. The molecule has 1 N–H and O–H groups in total. The van der Waals surface area contributed by atoms with Crippen LogP contribution in [0.5, 0.6) is 5.75 Å². The van der Waals surface area contributed by atoms with Crippen molar-refractivity contribution < 1.29 is 22.7 Å². The second-order valence-corrected chi connectivity index (χ2v) is 7.73. The largest absolute Gasteiger partial charge is 0.482 e. The summed E-state index contributed by atoms with van der Waals surface area (Å²) in [4.78, 5) is 11.5. The summed E-state index contributed by atoms with van der Waals surface area (Å²) in [6.45, 7) is 2.02. The van der Waals surface area contributed by atoms with E-state index in [0.29, 0.717) is 12.4 Å². The summed E-state index contributed by atoms with van der Waals surface area (Å²) in [5.74, 6) is 0.0890. The molecule has 0 aliphatic heterocycles. The van der Waals surface area contributed by atoms with Crippen LogP contribution in [0, 0.1) is 0 Å². The van der Waals surface area contributed by atoms with E-state index in [1.54, 1.807) is 49.4 Å². The van der Waals surface area contributed by atoms with E-state index in [1.165, 1.54) is 12.1 Å². The number of carbonyl (C=O) groups excluding carboxylic acids is 1. The van der Waals surface area contributed by atoms with Gasteiger partial charge in [0.2, 0.25) is 10.0 Å². The van der Waals surface area contributed by atoms with E-state index in [-0.39, 0.29) is 23.3 Å². The molecule has 0 aromatic heterocycles. The van der Waals surface area contributed by atoms with Crippen LogP contribution in [0.1, 0.15) is 17.7 Å². The van der Waals surface area contributed by atoms with Crippen LogP contribution in [0.2, 0.25) is 0 Å². The second kappa shape index (κ2) is 9.61. The number of ether oxygens (including phenoxy) is 2. The lowest BCUT2D eigenvalue weighted by Gasteiger charge is -2.13. The van der Waals surface area contributed by atoms with Crippen LogP contribution in [-0.2, 0) is 19.6 Å². The predicted octanol–water partition coefficient (Wildman–Crippen LogP) is 2.58. The standard InChI is InChI=1S/C18H21NO5S2/c1-2-23-18(20)13-24-15-10-8-14(9-11-15)17(25)12-19-26(21,22)16-6-4-3-5-7-16/h3-11,17,19,25H,2,12-13H2,1H3. The Balaban J connectivity index is 1.89. The molecule has 1 atom stereocenters. The highest BCUT2D eigenvalue weighted by atomic mass is 32.2. The molecule has 2 aromatic rings. The van der Waals surface area contributed by atoms with Gasteiger partial charge < -0.3 is 9.47 Å². The van der Waals surface area contributed by atoms with Crippen molar-refractivity contribution in [1.29, 1.82) is 0 Å². The van der Waals surface area contributed by atoms with Gasteiger partial charge in [0.1, 0.15) is 5.75 Å². The van der Waals surface area contributed by atoms with Gasteiger partial charge in [-0.15, -0.1) is 0 Å². The quantitative estimate of drug-likeness (QED) is 0.504. The number of esters is 1. The van der Waals surface area contributed by atoms with Gasteiger partial charge >= 0.3 is 5.97 Å². The first-order valence-electron chi connectivity index (χ1n) is 8.03. The van der Waals surface area contributed by atoms with Gasteiger partial charge in [-0.2, -0.15) is 12.6 Å². The first-order valence-corrected chi connectivity index (χ1v) is 10.0. The van der Waals surface area contributed by atoms with E-state index >= 15 is 0 Å². The monoisotopic (exact) mass is 395 g/mol. The average Bonchev–Trinajstić information content (AvgIpc) is 2.66. The number of rotatable bonds is 9. The van der Waals surface area contributed by atoms with Gasteiger partial charge in [0.25, 0.3) is 0 Å². The molecule has 0 spiro atoms. The summed E-state index contributed by atoms with van der Waals surface area (Å²) in [7, 11) is -3.57. The van der Waals surface area contributed by atoms with Gasteiger partial charge in [-0.1, -0.05) is 30.3 Å². The second-order valence-electron chi connectivity index (χ2n) is 5.34. The maximum absolute atomic E-state index is 12.2. The van der Waals surface area contributed by atoms with Crippen LogP contribution in [-0.4, -0.2) is 34.1 Å².